The van der Waals surface area contributed by atoms with E-state index >= 15 is 0 Å². The van der Waals surface area contributed by atoms with Crippen LogP contribution in [0.25, 0.3) is 0 Å². The van der Waals surface area contributed by atoms with E-state index in [9.17, 15) is 14.4 Å². The van der Waals surface area contributed by atoms with Gasteiger partial charge in [0.05, 0.1) is 0 Å². The molecule has 98 valence electrons. The molecule has 0 spiro atoms. The molecule has 0 aliphatic rings. The minimum Gasteiger partial charge on any atom is -0.478 e. The van der Waals surface area contributed by atoms with Crippen LogP contribution in [0.3, 0.4) is 0 Å². The fourth-order valence-electron chi connectivity index (χ4n) is 0.848. The highest BCUT2D eigenvalue weighted by Gasteiger charge is 2.24. The van der Waals surface area contributed by atoms with Crippen molar-refractivity contribution in [1.29, 1.82) is 0 Å². The fraction of sp³-hybridized carbons (Fsp3) is 0.700. The molecular weight excluding hydrogens is 228 g/mol. The topological polar surface area (TPSA) is 105 Å². The van der Waals surface area contributed by atoms with Crippen LogP contribution in [0, 0.1) is 0 Å². The molecule has 0 aliphatic heterocycles. The second-order valence-corrected chi connectivity index (χ2v) is 4.34. The van der Waals surface area contributed by atoms with Gasteiger partial charge in [0.1, 0.15) is 5.60 Å². The van der Waals surface area contributed by atoms with Crippen LogP contribution in [0.2, 0.25) is 0 Å². The van der Waals surface area contributed by atoms with Crippen molar-refractivity contribution in [3.8, 4) is 0 Å². The molecule has 3 N–H and O–H groups in total. The third-order valence-corrected chi connectivity index (χ3v) is 1.53. The Bertz CT molecular complexity index is 308. The van der Waals surface area contributed by atoms with Crippen LogP contribution >= 0.6 is 0 Å². The molecule has 0 aromatic rings. The summed E-state index contributed by atoms with van der Waals surface area (Å²) in [6.45, 7) is 6.51. The van der Waals surface area contributed by atoms with Crippen molar-refractivity contribution in [3.63, 3.8) is 0 Å². The van der Waals surface area contributed by atoms with Crippen molar-refractivity contribution >= 4 is 18.0 Å². The number of carboxylic acid groups (broad SMARTS) is 1. The van der Waals surface area contributed by atoms with Gasteiger partial charge in [-0.15, -0.1) is 0 Å². The fourth-order valence-corrected chi connectivity index (χ4v) is 0.848. The van der Waals surface area contributed by atoms with E-state index in [2.05, 4.69) is 5.32 Å². The zero-order chi connectivity index (χ0) is 13.6. The minimum atomic E-state index is -1.49. The summed E-state index contributed by atoms with van der Waals surface area (Å²) in [5, 5.41) is 13.0. The number of alkyl carbamates (subject to hydrolysis) is 1. The van der Waals surface area contributed by atoms with Gasteiger partial charge in [-0.25, -0.2) is 9.59 Å². The molecule has 0 fully saturated rings. The summed E-state index contributed by atoms with van der Waals surface area (Å²) in [6.07, 6.45) is -2.27. The summed E-state index contributed by atoms with van der Waals surface area (Å²) in [4.78, 5) is 33.1. The zero-order valence-corrected chi connectivity index (χ0v) is 10.4. The highest BCUT2D eigenvalue weighted by molar-refractivity contribution is 5.85. The van der Waals surface area contributed by atoms with E-state index in [0.29, 0.717) is 0 Å². The average molecular weight is 246 g/mol. The average Bonchev–Trinajstić information content (AvgIpc) is 2.13. The number of carbonyl (C=O) groups is 3. The van der Waals surface area contributed by atoms with Crippen molar-refractivity contribution in [2.24, 2.45) is 0 Å². The van der Waals surface area contributed by atoms with Crippen LogP contribution in [0.1, 0.15) is 34.1 Å². The van der Waals surface area contributed by atoms with Gasteiger partial charge < -0.3 is 15.2 Å². The second kappa shape index (κ2) is 6.07. The summed E-state index contributed by atoms with van der Waals surface area (Å²) in [7, 11) is 0. The lowest BCUT2D eigenvalue weighted by Gasteiger charge is -2.22. The summed E-state index contributed by atoms with van der Waals surface area (Å²) < 4.78 is 4.87. The van der Waals surface area contributed by atoms with Gasteiger partial charge in [0.25, 0.3) is 0 Å². The summed E-state index contributed by atoms with van der Waals surface area (Å²) in [5.74, 6) is -1.84. The molecule has 7 nitrogen and oxygen atoms in total. The number of carbonyl (C=O) groups excluding carboxylic acids is 2. The van der Waals surface area contributed by atoms with Gasteiger partial charge in [0.15, 0.2) is 0 Å². The molecule has 17 heavy (non-hydrogen) atoms. The van der Waals surface area contributed by atoms with Crippen molar-refractivity contribution in [3.05, 3.63) is 0 Å². The van der Waals surface area contributed by atoms with Crippen molar-refractivity contribution in [1.82, 2.24) is 10.6 Å². The quantitative estimate of drug-likeness (QED) is 0.624. The maximum Gasteiger partial charge on any atom is 0.409 e. The Morgan fingerprint density at radius 2 is 1.76 bits per heavy atom. The number of nitrogens with one attached hydrogen (secondary N) is 2. The summed E-state index contributed by atoms with van der Waals surface area (Å²) >= 11 is 0. The summed E-state index contributed by atoms with van der Waals surface area (Å²) in [6, 6.07) is 0. The van der Waals surface area contributed by atoms with Crippen LogP contribution in [0.15, 0.2) is 0 Å². The molecule has 0 aromatic carbocycles. The Labute approximate surface area is 99.5 Å². The van der Waals surface area contributed by atoms with E-state index < -0.39 is 29.7 Å². The SMILES string of the molecule is CCC(=O)NC(NC(=O)OC(C)(C)C)C(=O)O. The first-order valence-corrected chi connectivity index (χ1v) is 5.17. The maximum absolute atomic E-state index is 11.3. The molecular formula is C10H18N2O5. The highest BCUT2D eigenvalue weighted by atomic mass is 16.6. The minimum absolute atomic E-state index is 0.125. The van der Waals surface area contributed by atoms with Crippen LogP contribution in [0.5, 0.6) is 0 Å². The molecule has 7 heteroatoms. The lowest BCUT2D eigenvalue weighted by Crippen LogP contribution is -2.53. The number of carboxylic acids is 1. The van der Waals surface area contributed by atoms with Crippen molar-refractivity contribution in [2.45, 2.75) is 45.9 Å². The van der Waals surface area contributed by atoms with Gasteiger partial charge in [-0.1, -0.05) is 6.92 Å². The first-order chi connectivity index (χ1) is 7.65. The van der Waals surface area contributed by atoms with Gasteiger partial charge in [-0.2, -0.15) is 0 Å². The van der Waals surface area contributed by atoms with Gasteiger partial charge in [0, 0.05) is 6.42 Å². The number of amides is 2. The molecule has 0 radical (unpaired) electrons. The smallest absolute Gasteiger partial charge is 0.409 e. The third-order valence-electron chi connectivity index (χ3n) is 1.53. The van der Waals surface area contributed by atoms with Gasteiger partial charge in [-0.3, -0.25) is 10.1 Å². The number of ether oxygens (including phenoxy) is 1. The Morgan fingerprint density at radius 3 is 2.12 bits per heavy atom. The monoisotopic (exact) mass is 246 g/mol. The van der Waals surface area contributed by atoms with E-state index in [-0.39, 0.29) is 6.42 Å². The zero-order valence-electron chi connectivity index (χ0n) is 10.4. The Morgan fingerprint density at radius 1 is 1.24 bits per heavy atom. The van der Waals surface area contributed by atoms with Crippen molar-refractivity contribution in [2.75, 3.05) is 0 Å². The molecule has 0 saturated heterocycles. The van der Waals surface area contributed by atoms with E-state index in [1.165, 1.54) is 0 Å². The Hall–Kier alpha value is -1.79. The van der Waals surface area contributed by atoms with E-state index in [0.717, 1.165) is 0 Å². The Kier molecular flexibility index (Phi) is 5.43. The number of aliphatic carboxylic acids is 1. The standard InChI is InChI=1S/C10H18N2O5/c1-5-6(13)11-7(8(14)15)12-9(16)17-10(2,3)4/h7H,5H2,1-4H3,(H,11,13)(H,12,16)(H,14,15). The largest absolute Gasteiger partial charge is 0.478 e. The van der Waals surface area contributed by atoms with E-state index in [1.807, 2.05) is 5.32 Å². The molecule has 1 unspecified atom stereocenters. The van der Waals surface area contributed by atoms with Crippen LogP contribution in [-0.4, -0.2) is 34.8 Å². The molecule has 0 aromatic heterocycles. The van der Waals surface area contributed by atoms with Crippen molar-refractivity contribution < 1.29 is 24.2 Å². The molecule has 2 amide bonds. The van der Waals surface area contributed by atoms with Gasteiger partial charge >= 0.3 is 12.1 Å². The van der Waals surface area contributed by atoms with Gasteiger partial charge in [-0.05, 0) is 20.8 Å². The number of rotatable bonds is 4. The normalized spacial score (nSPS) is 12.5. The van der Waals surface area contributed by atoms with Crippen LogP contribution < -0.4 is 10.6 Å². The van der Waals surface area contributed by atoms with Crippen LogP contribution in [0.4, 0.5) is 4.79 Å². The molecule has 0 aliphatic carbocycles. The predicted molar refractivity (Wildman–Crippen MR) is 59.2 cm³/mol. The number of hydrogen-bond donors (Lipinski definition) is 3. The lowest BCUT2D eigenvalue weighted by atomic mass is 10.2. The molecule has 0 heterocycles. The molecule has 1 atom stereocenters. The summed E-state index contributed by atoms with van der Waals surface area (Å²) in [5.41, 5.74) is -0.734. The Balaban J connectivity index is 4.41. The predicted octanol–water partition coefficient (Wildman–Crippen LogP) is 0.448. The molecule has 0 saturated carbocycles. The van der Waals surface area contributed by atoms with E-state index in [4.69, 9.17) is 9.84 Å². The second-order valence-electron chi connectivity index (χ2n) is 4.34. The third kappa shape index (κ3) is 7.15. The number of hydrogen-bond acceptors (Lipinski definition) is 4. The van der Waals surface area contributed by atoms with Gasteiger partial charge in [0.2, 0.25) is 12.1 Å². The first-order valence-electron chi connectivity index (χ1n) is 5.17. The first kappa shape index (κ1) is 15.2. The maximum atomic E-state index is 11.3. The van der Waals surface area contributed by atoms with Crippen LogP contribution in [-0.2, 0) is 14.3 Å². The highest BCUT2D eigenvalue weighted by Crippen LogP contribution is 2.06. The van der Waals surface area contributed by atoms with E-state index in [1.54, 1.807) is 27.7 Å². The molecule has 0 bridgehead atoms. The lowest BCUT2D eigenvalue weighted by molar-refractivity contribution is -0.142. The molecule has 0 rings (SSSR count).